The lowest BCUT2D eigenvalue weighted by molar-refractivity contribution is 0.103. The van der Waals surface area contributed by atoms with Crippen molar-refractivity contribution in [3.8, 4) is 5.75 Å². The van der Waals surface area contributed by atoms with Crippen LogP contribution >= 0.6 is 0 Å². The van der Waals surface area contributed by atoms with Crippen LogP contribution in [0.15, 0.2) is 30.6 Å². The molecule has 0 unspecified atom stereocenters. The predicted octanol–water partition coefficient (Wildman–Crippen LogP) is 4.73. The average molecular weight is 430 g/mol. The number of H-pyrrole nitrogens is 1. The van der Waals surface area contributed by atoms with Crippen molar-refractivity contribution in [2.45, 2.75) is 26.7 Å². The molecule has 2 N–H and O–H groups in total. The Morgan fingerprint density at radius 3 is 2.71 bits per heavy atom. The lowest BCUT2D eigenvalue weighted by Gasteiger charge is -2.21. The molecule has 2 aromatic heterocycles. The second-order valence-corrected chi connectivity index (χ2v) is 6.95. The van der Waals surface area contributed by atoms with E-state index in [1.54, 1.807) is 6.07 Å². The van der Waals surface area contributed by atoms with Gasteiger partial charge in [0.1, 0.15) is 17.2 Å². The summed E-state index contributed by atoms with van der Waals surface area (Å²) in [4.78, 5) is 34.0. The second kappa shape index (κ2) is 9.55. The summed E-state index contributed by atoms with van der Waals surface area (Å²) >= 11 is 0. The predicted molar refractivity (Wildman–Crippen MR) is 114 cm³/mol. The molecule has 0 fully saturated rings. The number of ketones is 1. The van der Waals surface area contributed by atoms with Crippen LogP contribution in [0.25, 0.3) is 11.0 Å². The van der Waals surface area contributed by atoms with Crippen LogP contribution in [0.1, 0.15) is 42.6 Å². The maximum atomic E-state index is 15.2. The quantitative estimate of drug-likeness (QED) is 0.506. The number of benzene rings is 1. The van der Waals surface area contributed by atoms with Gasteiger partial charge in [0.25, 0.3) is 0 Å². The van der Waals surface area contributed by atoms with Gasteiger partial charge in [-0.2, -0.15) is 0 Å². The van der Waals surface area contributed by atoms with Crippen LogP contribution in [-0.2, 0) is 0 Å². The first-order valence-electron chi connectivity index (χ1n) is 10.0. The van der Waals surface area contributed by atoms with Gasteiger partial charge in [0, 0.05) is 30.2 Å². The van der Waals surface area contributed by atoms with E-state index in [0.29, 0.717) is 29.9 Å². The Balaban J connectivity index is 1.96. The molecule has 3 aromatic rings. The van der Waals surface area contributed by atoms with E-state index in [9.17, 15) is 14.0 Å². The number of carbonyl (C=O) groups is 2. The van der Waals surface area contributed by atoms with Gasteiger partial charge in [-0.05, 0) is 31.5 Å². The third-order valence-electron chi connectivity index (χ3n) is 5.00. The van der Waals surface area contributed by atoms with Crippen molar-refractivity contribution < 1.29 is 23.1 Å². The number of ether oxygens (including phenoxy) is 1. The first-order valence-corrected chi connectivity index (χ1v) is 10.0. The monoisotopic (exact) mass is 430 g/mol. The summed E-state index contributed by atoms with van der Waals surface area (Å²) in [6.07, 6.45) is 4.50. The van der Waals surface area contributed by atoms with Gasteiger partial charge < -0.3 is 19.9 Å². The van der Waals surface area contributed by atoms with E-state index in [1.807, 2.05) is 13.8 Å². The number of carbonyl (C=O) groups excluding carboxylic acids is 2. The Hall–Kier alpha value is -3.49. The van der Waals surface area contributed by atoms with Crippen LogP contribution in [-0.4, -0.2) is 46.9 Å². The minimum Gasteiger partial charge on any atom is -0.495 e. The van der Waals surface area contributed by atoms with Gasteiger partial charge in [0.15, 0.2) is 5.82 Å². The molecular formula is C22H24F2N4O3. The number of urea groups is 1. The highest BCUT2D eigenvalue weighted by Gasteiger charge is 2.25. The van der Waals surface area contributed by atoms with Gasteiger partial charge >= 0.3 is 6.03 Å². The molecule has 0 bridgehead atoms. The highest BCUT2D eigenvalue weighted by Crippen LogP contribution is 2.28. The number of hydrogen-bond acceptors (Lipinski definition) is 4. The number of anilines is 1. The molecule has 1 aromatic carbocycles. The summed E-state index contributed by atoms with van der Waals surface area (Å²) in [5.41, 5.74) is -0.594. The van der Waals surface area contributed by atoms with Crippen molar-refractivity contribution in [1.82, 2.24) is 14.9 Å². The number of aromatic nitrogens is 2. The summed E-state index contributed by atoms with van der Waals surface area (Å²) in [5, 5.41) is 2.82. The molecule has 0 saturated carbocycles. The van der Waals surface area contributed by atoms with E-state index >= 15 is 4.39 Å². The van der Waals surface area contributed by atoms with Gasteiger partial charge in [0.2, 0.25) is 5.78 Å². The SMILES string of the molecule is CCCCN(CC)C(=O)Nc1ccc(F)c(C(=O)c2c[nH]c3ncc(OC)cc23)c1F. The van der Waals surface area contributed by atoms with Gasteiger partial charge in [0.05, 0.1) is 24.6 Å². The van der Waals surface area contributed by atoms with Crippen molar-refractivity contribution in [3.63, 3.8) is 0 Å². The summed E-state index contributed by atoms with van der Waals surface area (Å²) in [7, 11) is 1.45. The normalized spacial score (nSPS) is 10.9. The molecule has 2 heterocycles. The molecule has 164 valence electrons. The van der Waals surface area contributed by atoms with Crippen LogP contribution < -0.4 is 10.1 Å². The summed E-state index contributed by atoms with van der Waals surface area (Å²) in [5.74, 6) is -2.63. The topological polar surface area (TPSA) is 87.3 Å². The van der Waals surface area contributed by atoms with Crippen molar-refractivity contribution in [2.24, 2.45) is 0 Å². The molecule has 0 atom stereocenters. The minimum absolute atomic E-state index is 0.0424. The molecule has 0 aliphatic rings. The van der Waals surface area contributed by atoms with E-state index in [0.717, 1.165) is 25.0 Å². The highest BCUT2D eigenvalue weighted by atomic mass is 19.1. The van der Waals surface area contributed by atoms with Crippen LogP contribution in [0, 0.1) is 11.6 Å². The summed E-state index contributed by atoms with van der Waals surface area (Å²) < 4.78 is 34.8. The zero-order valence-corrected chi connectivity index (χ0v) is 17.6. The summed E-state index contributed by atoms with van der Waals surface area (Å²) in [6.45, 7) is 4.76. The van der Waals surface area contributed by atoms with E-state index in [1.165, 1.54) is 24.4 Å². The molecule has 0 radical (unpaired) electrons. The number of nitrogens with one attached hydrogen (secondary N) is 2. The Morgan fingerprint density at radius 1 is 1.26 bits per heavy atom. The van der Waals surface area contributed by atoms with Crippen LogP contribution in [0.2, 0.25) is 0 Å². The van der Waals surface area contributed by atoms with Gasteiger partial charge in [-0.3, -0.25) is 4.79 Å². The highest BCUT2D eigenvalue weighted by molar-refractivity contribution is 6.16. The maximum absolute atomic E-state index is 15.2. The second-order valence-electron chi connectivity index (χ2n) is 6.95. The first kappa shape index (κ1) is 22.2. The number of fused-ring (bicyclic) bond motifs is 1. The zero-order valence-electron chi connectivity index (χ0n) is 17.6. The van der Waals surface area contributed by atoms with E-state index in [-0.39, 0.29) is 11.3 Å². The molecule has 0 spiro atoms. The zero-order chi connectivity index (χ0) is 22.5. The van der Waals surface area contributed by atoms with Crippen LogP contribution in [0.3, 0.4) is 0 Å². The molecule has 7 nitrogen and oxygen atoms in total. The fourth-order valence-electron chi connectivity index (χ4n) is 3.22. The van der Waals surface area contributed by atoms with Crippen LogP contribution in [0.4, 0.5) is 19.3 Å². The molecule has 0 aliphatic carbocycles. The fraction of sp³-hybridized carbons (Fsp3) is 0.318. The molecule has 2 amide bonds. The number of methoxy groups -OCH3 is 1. The van der Waals surface area contributed by atoms with Crippen molar-refractivity contribution in [1.29, 1.82) is 0 Å². The van der Waals surface area contributed by atoms with Gasteiger partial charge in [-0.15, -0.1) is 0 Å². The Labute approximate surface area is 178 Å². The smallest absolute Gasteiger partial charge is 0.321 e. The van der Waals surface area contributed by atoms with Crippen molar-refractivity contribution in [2.75, 3.05) is 25.5 Å². The third-order valence-corrected chi connectivity index (χ3v) is 5.00. The van der Waals surface area contributed by atoms with Crippen molar-refractivity contribution >= 4 is 28.5 Å². The molecule has 31 heavy (non-hydrogen) atoms. The number of unbranched alkanes of at least 4 members (excludes halogenated alkanes) is 1. The number of halogens is 2. The molecule has 3 rings (SSSR count). The number of pyridine rings is 1. The molecule has 0 aliphatic heterocycles. The minimum atomic E-state index is -1.13. The van der Waals surface area contributed by atoms with Crippen LogP contribution in [0.5, 0.6) is 5.75 Å². The maximum Gasteiger partial charge on any atom is 0.321 e. The number of rotatable bonds is 8. The summed E-state index contributed by atoms with van der Waals surface area (Å²) in [6, 6.07) is 3.11. The number of amides is 2. The Kier molecular flexibility index (Phi) is 6.84. The largest absolute Gasteiger partial charge is 0.495 e. The third kappa shape index (κ3) is 4.50. The van der Waals surface area contributed by atoms with Gasteiger partial charge in [-0.1, -0.05) is 13.3 Å². The molecule has 0 saturated heterocycles. The lowest BCUT2D eigenvalue weighted by atomic mass is 10.0. The number of nitrogens with zero attached hydrogens (tertiary/aromatic N) is 2. The number of aromatic amines is 1. The van der Waals surface area contributed by atoms with E-state index in [2.05, 4.69) is 15.3 Å². The standard InChI is InChI=1S/C22H24F2N4O3/c1-4-6-9-28(5-2)22(30)27-17-8-7-16(23)18(19(17)24)20(29)15-12-26-21-14(15)10-13(31-3)11-25-21/h7-8,10-12H,4-6,9H2,1-3H3,(H,25,26)(H,27,30). The van der Waals surface area contributed by atoms with E-state index in [4.69, 9.17) is 4.74 Å². The molecular weight excluding hydrogens is 406 g/mol. The Morgan fingerprint density at radius 2 is 2.03 bits per heavy atom. The molecule has 9 heteroatoms. The Bertz CT molecular complexity index is 1110. The van der Waals surface area contributed by atoms with Gasteiger partial charge in [-0.25, -0.2) is 18.6 Å². The van der Waals surface area contributed by atoms with E-state index < -0.39 is 29.0 Å². The first-order chi connectivity index (χ1) is 14.9. The fourth-order valence-corrected chi connectivity index (χ4v) is 3.22. The van der Waals surface area contributed by atoms with Crippen molar-refractivity contribution in [3.05, 3.63) is 53.4 Å². The lowest BCUT2D eigenvalue weighted by Crippen LogP contribution is -2.35. The average Bonchev–Trinajstić information content (AvgIpc) is 3.19. The number of hydrogen-bond donors (Lipinski definition) is 2.